The molecule has 0 aliphatic carbocycles. The minimum Gasteiger partial charge on any atom is -0.454 e. The number of carbonyl (C=O) groups is 1. The highest BCUT2D eigenvalue weighted by molar-refractivity contribution is 7.89. The SMILES string of the molecule is O=C(CCNS(=O)(=O)c1cccc(Cl)c1)NCc1ccc2c(c1)OCO2. The van der Waals surface area contributed by atoms with Crippen molar-refractivity contribution in [3.8, 4) is 11.5 Å². The summed E-state index contributed by atoms with van der Waals surface area (Å²) in [4.78, 5) is 12.0. The van der Waals surface area contributed by atoms with E-state index in [0.717, 1.165) is 5.56 Å². The van der Waals surface area contributed by atoms with Crippen molar-refractivity contribution in [2.75, 3.05) is 13.3 Å². The molecular formula is C17H17ClN2O5S. The third-order valence-corrected chi connectivity index (χ3v) is 5.37. The molecule has 0 saturated heterocycles. The van der Waals surface area contributed by atoms with Crippen LogP contribution in [0, 0.1) is 0 Å². The van der Waals surface area contributed by atoms with Gasteiger partial charge in [-0.2, -0.15) is 0 Å². The molecule has 2 aromatic carbocycles. The van der Waals surface area contributed by atoms with Crippen molar-refractivity contribution >= 4 is 27.5 Å². The first-order valence-electron chi connectivity index (χ1n) is 7.84. The molecule has 7 nitrogen and oxygen atoms in total. The Balaban J connectivity index is 1.45. The van der Waals surface area contributed by atoms with Gasteiger partial charge in [0.15, 0.2) is 11.5 Å². The van der Waals surface area contributed by atoms with Gasteiger partial charge in [0.25, 0.3) is 0 Å². The number of amides is 1. The summed E-state index contributed by atoms with van der Waals surface area (Å²) in [5, 5.41) is 3.06. The van der Waals surface area contributed by atoms with Gasteiger partial charge in [-0.05, 0) is 35.9 Å². The van der Waals surface area contributed by atoms with Gasteiger partial charge < -0.3 is 14.8 Å². The van der Waals surface area contributed by atoms with E-state index >= 15 is 0 Å². The zero-order chi connectivity index (χ0) is 18.6. The van der Waals surface area contributed by atoms with Crippen molar-refractivity contribution in [3.05, 3.63) is 53.1 Å². The Hall–Kier alpha value is -2.29. The number of rotatable bonds is 7. The highest BCUT2D eigenvalue weighted by Crippen LogP contribution is 2.32. The Morgan fingerprint density at radius 3 is 2.73 bits per heavy atom. The van der Waals surface area contributed by atoms with E-state index < -0.39 is 10.0 Å². The Kier molecular flexibility index (Phi) is 5.65. The molecule has 0 aromatic heterocycles. The molecule has 1 aliphatic rings. The van der Waals surface area contributed by atoms with Gasteiger partial charge in [0.05, 0.1) is 4.90 Å². The fourth-order valence-electron chi connectivity index (χ4n) is 2.36. The summed E-state index contributed by atoms with van der Waals surface area (Å²) in [6.45, 7) is 0.496. The molecule has 1 aliphatic heterocycles. The van der Waals surface area contributed by atoms with Crippen LogP contribution in [-0.2, 0) is 21.4 Å². The van der Waals surface area contributed by atoms with Crippen LogP contribution in [0.15, 0.2) is 47.4 Å². The maximum atomic E-state index is 12.1. The number of hydrogen-bond acceptors (Lipinski definition) is 5. The van der Waals surface area contributed by atoms with Crippen LogP contribution in [0.4, 0.5) is 0 Å². The predicted octanol–water partition coefficient (Wildman–Crippen LogP) is 2.05. The third kappa shape index (κ3) is 4.66. The molecule has 3 rings (SSSR count). The summed E-state index contributed by atoms with van der Waals surface area (Å²) in [6, 6.07) is 11.3. The van der Waals surface area contributed by atoms with Crippen LogP contribution in [-0.4, -0.2) is 27.7 Å². The molecule has 1 amide bonds. The Bertz CT molecular complexity index is 917. The predicted molar refractivity (Wildman–Crippen MR) is 95.7 cm³/mol. The molecule has 9 heteroatoms. The average Bonchev–Trinajstić information content (AvgIpc) is 3.07. The molecule has 0 radical (unpaired) electrons. The molecule has 2 aromatic rings. The van der Waals surface area contributed by atoms with Gasteiger partial charge in [-0.3, -0.25) is 4.79 Å². The van der Waals surface area contributed by atoms with Crippen molar-refractivity contribution in [2.24, 2.45) is 0 Å². The van der Waals surface area contributed by atoms with Gasteiger partial charge in [-0.1, -0.05) is 23.7 Å². The minimum atomic E-state index is -3.70. The maximum Gasteiger partial charge on any atom is 0.240 e. The summed E-state index contributed by atoms with van der Waals surface area (Å²) >= 11 is 5.80. The molecule has 0 unspecified atom stereocenters. The number of ether oxygens (including phenoxy) is 2. The topological polar surface area (TPSA) is 93.7 Å². The smallest absolute Gasteiger partial charge is 0.240 e. The number of fused-ring (bicyclic) bond motifs is 1. The van der Waals surface area contributed by atoms with E-state index in [9.17, 15) is 13.2 Å². The van der Waals surface area contributed by atoms with E-state index in [4.69, 9.17) is 21.1 Å². The van der Waals surface area contributed by atoms with E-state index in [1.54, 1.807) is 24.3 Å². The van der Waals surface area contributed by atoms with Crippen LogP contribution >= 0.6 is 11.6 Å². The summed E-state index contributed by atoms with van der Waals surface area (Å²) in [6.07, 6.45) is 0.0182. The summed E-state index contributed by atoms with van der Waals surface area (Å²) in [5.74, 6) is 1.05. The van der Waals surface area contributed by atoms with Gasteiger partial charge in [-0.15, -0.1) is 0 Å². The second-order valence-electron chi connectivity index (χ2n) is 5.57. The Morgan fingerprint density at radius 1 is 1.12 bits per heavy atom. The lowest BCUT2D eigenvalue weighted by atomic mass is 10.2. The molecule has 0 saturated carbocycles. The van der Waals surface area contributed by atoms with Gasteiger partial charge in [-0.25, -0.2) is 13.1 Å². The van der Waals surface area contributed by atoms with Crippen LogP contribution < -0.4 is 19.5 Å². The number of sulfonamides is 1. The second kappa shape index (κ2) is 7.94. The maximum absolute atomic E-state index is 12.1. The number of nitrogens with one attached hydrogen (secondary N) is 2. The molecule has 26 heavy (non-hydrogen) atoms. The van der Waals surface area contributed by atoms with Gasteiger partial charge in [0, 0.05) is 24.5 Å². The van der Waals surface area contributed by atoms with Crippen LogP contribution in [0.2, 0.25) is 5.02 Å². The van der Waals surface area contributed by atoms with E-state index in [1.165, 1.54) is 12.1 Å². The minimum absolute atomic E-state index is 0.0121. The van der Waals surface area contributed by atoms with E-state index in [1.807, 2.05) is 6.07 Å². The molecule has 0 atom stereocenters. The number of carbonyl (C=O) groups excluding carboxylic acids is 1. The summed E-state index contributed by atoms with van der Waals surface area (Å²) < 4.78 is 37.1. The van der Waals surface area contributed by atoms with Crippen LogP contribution in [0.1, 0.15) is 12.0 Å². The van der Waals surface area contributed by atoms with Gasteiger partial charge in [0.1, 0.15) is 0 Å². The van der Waals surface area contributed by atoms with Crippen LogP contribution in [0.5, 0.6) is 11.5 Å². The molecule has 1 heterocycles. The molecule has 0 fully saturated rings. The fourth-order valence-corrected chi connectivity index (χ4v) is 3.69. The standard InChI is InChI=1S/C17H17ClN2O5S/c18-13-2-1-3-14(9-13)26(22,23)20-7-6-17(21)19-10-12-4-5-15-16(8-12)25-11-24-15/h1-5,8-9,20H,6-7,10-11H2,(H,19,21). The first kappa shape index (κ1) is 18.5. The molecule has 2 N–H and O–H groups in total. The average molecular weight is 397 g/mol. The van der Waals surface area contributed by atoms with Crippen LogP contribution in [0.3, 0.4) is 0 Å². The Morgan fingerprint density at radius 2 is 1.92 bits per heavy atom. The normalized spacial score (nSPS) is 12.8. The molecule has 0 bridgehead atoms. The molecule has 0 spiro atoms. The molecule has 138 valence electrons. The largest absolute Gasteiger partial charge is 0.454 e. The van der Waals surface area contributed by atoms with Crippen molar-refractivity contribution in [2.45, 2.75) is 17.9 Å². The first-order chi connectivity index (χ1) is 12.4. The fraction of sp³-hybridized carbons (Fsp3) is 0.235. The first-order valence-corrected chi connectivity index (χ1v) is 9.71. The van der Waals surface area contributed by atoms with Crippen molar-refractivity contribution in [1.82, 2.24) is 10.0 Å². The lowest BCUT2D eigenvalue weighted by Crippen LogP contribution is -2.30. The van der Waals surface area contributed by atoms with Crippen molar-refractivity contribution < 1.29 is 22.7 Å². The van der Waals surface area contributed by atoms with Gasteiger partial charge in [0.2, 0.25) is 22.7 Å². The number of halogens is 1. The van der Waals surface area contributed by atoms with Crippen LogP contribution in [0.25, 0.3) is 0 Å². The summed E-state index contributed by atoms with van der Waals surface area (Å²) in [7, 11) is -3.70. The van der Waals surface area contributed by atoms with E-state index in [0.29, 0.717) is 23.1 Å². The lowest BCUT2D eigenvalue weighted by molar-refractivity contribution is -0.121. The Labute approximate surface area is 156 Å². The highest BCUT2D eigenvalue weighted by Gasteiger charge is 2.15. The van der Waals surface area contributed by atoms with Gasteiger partial charge >= 0.3 is 0 Å². The van der Waals surface area contributed by atoms with Crippen molar-refractivity contribution in [1.29, 1.82) is 0 Å². The molecular weight excluding hydrogens is 380 g/mol. The number of hydrogen-bond donors (Lipinski definition) is 2. The second-order valence-corrected chi connectivity index (χ2v) is 7.77. The zero-order valence-corrected chi connectivity index (χ0v) is 15.3. The monoisotopic (exact) mass is 396 g/mol. The summed E-state index contributed by atoms with van der Waals surface area (Å²) in [5.41, 5.74) is 0.863. The van der Waals surface area contributed by atoms with E-state index in [-0.39, 0.29) is 30.6 Å². The zero-order valence-electron chi connectivity index (χ0n) is 13.7. The lowest BCUT2D eigenvalue weighted by Gasteiger charge is -2.08. The number of benzene rings is 2. The van der Waals surface area contributed by atoms with Crippen molar-refractivity contribution in [3.63, 3.8) is 0 Å². The third-order valence-electron chi connectivity index (χ3n) is 3.68. The van der Waals surface area contributed by atoms with E-state index in [2.05, 4.69) is 10.0 Å². The quantitative estimate of drug-likeness (QED) is 0.747. The highest BCUT2D eigenvalue weighted by atomic mass is 35.5.